The fraction of sp³-hybridized carbons (Fsp3) is 0.647. The summed E-state index contributed by atoms with van der Waals surface area (Å²) in [6.07, 6.45) is 3.54. The van der Waals surface area contributed by atoms with Crippen molar-refractivity contribution in [1.29, 1.82) is 0 Å². The zero-order valence-electron chi connectivity index (χ0n) is 13.4. The molecule has 0 spiro atoms. The summed E-state index contributed by atoms with van der Waals surface area (Å²) in [7, 11) is 4.46. The minimum atomic E-state index is 0.170. The number of likely N-dealkylation sites (tertiary alicyclic amines) is 1. The van der Waals surface area contributed by atoms with Crippen molar-refractivity contribution in [2.75, 3.05) is 27.2 Å². The molecular weight excluding hydrogens is 326 g/mol. The summed E-state index contributed by atoms with van der Waals surface area (Å²) in [5.41, 5.74) is 7.79. The molecule has 4 heteroatoms. The highest BCUT2D eigenvalue weighted by Gasteiger charge is 2.30. The SMILES string of the molecule is CCC(N)C(c1ccc(Br)cc1)N(C)C1CCCN(C)C1. The van der Waals surface area contributed by atoms with E-state index in [-0.39, 0.29) is 6.04 Å². The number of benzene rings is 1. The zero-order chi connectivity index (χ0) is 15.4. The molecule has 1 aromatic rings. The van der Waals surface area contributed by atoms with Crippen LogP contribution in [0.4, 0.5) is 0 Å². The molecule has 1 heterocycles. The molecule has 0 aromatic heterocycles. The Kier molecular flexibility index (Phi) is 6.23. The van der Waals surface area contributed by atoms with Gasteiger partial charge in [0.1, 0.15) is 0 Å². The summed E-state index contributed by atoms with van der Waals surface area (Å²) in [6, 6.07) is 9.69. The molecule has 0 bridgehead atoms. The molecule has 1 aliphatic heterocycles. The number of halogens is 1. The molecular formula is C17H28BrN3. The van der Waals surface area contributed by atoms with E-state index >= 15 is 0 Å². The number of hydrogen-bond acceptors (Lipinski definition) is 3. The molecule has 1 aliphatic rings. The first-order valence-electron chi connectivity index (χ1n) is 7.94. The third-order valence-corrected chi connectivity index (χ3v) is 5.23. The Bertz CT molecular complexity index is 434. The second-order valence-electron chi connectivity index (χ2n) is 6.29. The van der Waals surface area contributed by atoms with Gasteiger partial charge in [0.15, 0.2) is 0 Å². The second kappa shape index (κ2) is 7.73. The number of rotatable bonds is 5. The quantitative estimate of drug-likeness (QED) is 0.881. The Balaban J connectivity index is 2.20. The van der Waals surface area contributed by atoms with Gasteiger partial charge in [0.05, 0.1) is 0 Å². The highest BCUT2D eigenvalue weighted by Crippen LogP contribution is 2.29. The highest BCUT2D eigenvalue weighted by atomic mass is 79.9. The largest absolute Gasteiger partial charge is 0.326 e. The van der Waals surface area contributed by atoms with Crippen LogP contribution in [0.5, 0.6) is 0 Å². The standard InChI is InChI=1S/C17H28BrN3/c1-4-16(19)17(13-7-9-14(18)10-8-13)21(3)15-6-5-11-20(2)12-15/h7-10,15-17H,4-6,11-12,19H2,1-3H3. The van der Waals surface area contributed by atoms with E-state index in [1.165, 1.54) is 24.9 Å². The Morgan fingerprint density at radius 2 is 2.05 bits per heavy atom. The summed E-state index contributed by atoms with van der Waals surface area (Å²) in [5.74, 6) is 0. The summed E-state index contributed by atoms with van der Waals surface area (Å²) < 4.78 is 1.12. The molecule has 3 unspecified atom stereocenters. The molecule has 118 valence electrons. The summed E-state index contributed by atoms with van der Waals surface area (Å²) >= 11 is 3.52. The van der Waals surface area contributed by atoms with Gasteiger partial charge in [0.25, 0.3) is 0 Å². The lowest BCUT2D eigenvalue weighted by Gasteiger charge is -2.42. The van der Waals surface area contributed by atoms with E-state index in [1.807, 2.05) is 0 Å². The van der Waals surface area contributed by atoms with Crippen molar-refractivity contribution in [2.24, 2.45) is 5.73 Å². The van der Waals surface area contributed by atoms with Gasteiger partial charge in [-0.2, -0.15) is 0 Å². The van der Waals surface area contributed by atoms with Crippen molar-refractivity contribution in [3.63, 3.8) is 0 Å². The van der Waals surface area contributed by atoms with Gasteiger partial charge in [0, 0.05) is 29.1 Å². The maximum Gasteiger partial charge on any atom is 0.0499 e. The Hall–Kier alpha value is -0.420. The summed E-state index contributed by atoms with van der Waals surface area (Å²) in [4.78, 5) is 4.94. The maximum atomic E-state index is 6.46. The van der Waals surface area contributed by atoms with E-state index in [0.29, 0.717) is 12.1 Å². The number of nitrogens with zero attached hydrogens (tertiary/aromatic N) is 2. The van der Waals surface area contributed by atoms with Crippen LogP contribution in [0.3, 0.4) is 0 Å². The van der Waals surface area contributed by atoms with E-state index in [9.17, 15) is 0 Å². The van der Waals surface area contributed by atoms with Gasteiger partial charge in [-0.05, 0) is 57.6 Å². The molecule has 0 radical (unpaired) electrons. The third kappa shape index (κ3) is 4.28. The minimum absolute atomic E-state index is 0.170. The van der Waals surface area contributed by atoms with Crippen molar-refractivity contribution < 1.29 is 0 Å². The Morgan fingerprint density at radius 1 is 1.38 bits per heavy atom. The van der Waals surface area contributed by atoms with Crippen LogP contribution in [-0.4, -0.2) is 49.1 Å². The number of hydrogen-bond donors (Lipinski definition) is 1. The van der Waals surface area contributed by atoms with Crippen molar-refractivity contribution in [3.05, 3.63) is 34.3 Å². The van der Waals surface area contributed by atoms with Gasteiger partial charge in [-0.15, -0.1) is 0 Å². The van der Waals surface area contributed by atoms with Gasteiger partial charge in [-0.1, -0.05) is 35.0 Å². The molecule has 1 saturated heterocycles. The predicted molar refractivity (Wildman–Crippen MR) is 93.4 cm³/mol. The number of piperidine rings is 1. The lowest BCUT2D eigenvalue weighted by Crippen LogP contribution is -2.50. The summed E-state index contributed by atoms with van der Waals surface area (Å²) in [5, 5.41) is 0. The summed E-state index contributed by atoms with van der Waals surface area (Å²) in [6.45, 7) is 4.53. The molecule has 3 nitrogen and oxygen atoms in total. The maximum absolute atomic E-state index is 6.46. The molecule has 1 fully saturated rings. The van der Waals surface area contributed by atoms with E-state index < -0.39 is 0 Å². The molecule has 0 aliphatic carbocycles. The first-order chi connectivity index (χ1) is 10.0. The third-order valence-electron chi connectivity index (χ3n) is 4.70. The molecule has 0 amide bonds. The highest BCUT2D eigenvalue weighted by molar-refractivity contribution is 9.10. The van der Waals surface area contributed by atoms with Crippen molar-refractivity contribution in [3.8, 4) is 0 Å². The monoisotopic (exact) mass is 353 g/mol. The van der Waals surface area contributed by atoms with E-state index in [4.69, 9.17) is 5.73 Å². The molecule has 21 heavy (non-hydrogen) atoms. The van der Waals surface area contributed by atoms with Gasteiger partial charge in [0.2, 0.25) is 0 Å². The number of likely N-dealkylation sites (N-methyl/N-ethyl adjacent to an activating group) is 2. The van der Waals surface area contributed by atoms with Crippen molar-refractivity contribution in [1.82, 2.24) is 9.80 Å². The lowest BCUT2D eigenvalue weighted by atomic mass is 9.93. The van der Waals surface area contributed by atoms with Crippen LogP contribution in [0.2, 0.25) is 0 Å². The lowest BCUT2D eigenvalue weighted by molar-refractivity contribution is 0.0860. The zero-order valence-corrected chi connectivity index (χ0v) is 15.0. The van der Waals surface area contributed by atoms with Crippen LogP contribution in [0.1, 0.15) is 37.8 Å². The number of nitrogens with two attached hydrogens (primary N) is 1. The van der Waals surface area contributed by atoms with Crippen LogP contribution >= 0.6 is 15.9 Å². The smallest absolute Gasteiger partial charge is 0.0499 e. The predicted octanol–water partition coefficient (Wildman–Crippen LogP) is 3.25. The average Bonchev–Trinajstić information content (AvgIpc) is 2.49. The van der Waals surface area contributed by atoms with Crippen LogP contribution in [0, 0.1) is 0 Å². The van der Waals surface area contributed by atoms with Crippen LogP contribution in [0.25, 0.3) is 0 Å². The topological polar surface area (TPSA) is 32.5 Å². The molecule has 1 aromatic carbocycles. The van der Waals surface area contributed by atoms with Gasteiger partial charge in [-0.3, -0.25) is 4.90 Å². The Morgan fingerprint density at radius 3 is 2.62 bits per heavy atom. The van der Waals surface area contributed by atoms with Gasteiger partial charge in [-0.25, -0.2) is 0 Å². The van der Waals surface area contributed by atoms with Crippen LogP contribution < -0.4 is 5.73 Å². The molecule has 0 saturated carbocycles. The Labute approximate surface area is 137 Å². The molecule has 2 N–H and O–H groups in total. The first kappa shape index (κ1) is 16.9. The second-order valence-corrected chi connectivity index (χ2v) is 7.21. The van der Waals surface area contributed by atoms with Gasteiger partial charge < -0.3 is 10.6 Å². The van der Waals surface area contributed by atoms with Crippen LogP contribution in [-0.2, 0) is 0 Å². The molecule has 3 atom stereocenters. The van der Waals surface area contributed by atoms with E-state index in [0.717, 1.165) is 17.4 Å². The van der Waals surface area contributed by atoms with E-state index in [1.54, 1.807) is 0 Å². The molecule has 2 rings (SSSR count). The minimum Gasteiger partial charge on any atom is -0.326 e. The van der Waals surface area contributed by atoms with E-state index in [2.05, 4.69) is 71.0 Å². The van der Waals surface area contributed by atoms with Crippen molar-refractivity contribution >= 4 is 15.9 Å². The fourth-order valence-corrected chi connectivity index (χ4v) is 3.63. The first-order valence-corrected chi connectivity index (χ1v) is 8.73. The van der Waals surface area contributed by atoms with Crippen molar-refractivity contribution in [2.45, 2.75) is 44.3 Å². The van der Waals surface area contributed by atoms with Gasteiger partial charge >= 0.3 is 0 Å². The normalized spacial score (nSPS) is 23.2. The van der Waals surface area contributed by atoms with Crippen LogP contribution in [0.15, 0.2) is 28.7 Å². The average molecular weight is 354 g/mol. The fourth-order valence-electron chi connectivity index (χ4n) is 3.37.